The smallest absolute Gasteiger partial charge is 0.0671 e. The van der Waals surface area contributed by atoms with Gasteiger partial charge in [-0.05, 0) is 12.8 Å². The molecule has 1 nitrogen and oxygen atoms in total. The van der Waals surface area contributed by atoms with Crippen LogP contribution in [0.15, 0.2) is 24.3 Å². The number of allylic oxidation sites excluding steroid dienone is 2. The van der Waals surface area contributed by atoms with Crippen LogP contribution < -0.4 is 0 Å². The summed E-state index contributed by atoms with van der Waals surface area (Å²) in [7, 11) is 0. The topological polar surface area (TPSA) is 20.2 Å². The van der Waals surface area contributed by atoms with Gasteiger partial charge in [0.15, 0.2) is 0 Å². The Labute approximate surface area is 61.1 Å². The molecule has 0 aliphatic heterocycles. The van der Waals surface area contributed by atoms with E-state index in [-0.39, 0.29) is 6.10 Å². The van der Waals surface area contributed by atoms with Crippen LogP contribution in [0.3, 0.4) is 0 Å². The Balaban J connectivity index is 2.26. The van der Waals surface area contributed by atoms with Crippen LogP contribution in [-0.2, 0) is 0 Å². The summed E-state index contributed by atoms with van der Waals surface area (Å²) in [5, 5.41) is 9.59. The van der Waals surface area contributed by atoms with Crippen molar-refractivity contribution in [1.82, 2.24) is 0 Å². The molecular formula is C9H12O. The van der Waals surface area contributed by atoms with Gasteiger partial charge in [0.05, 0.1) is 6.10 Å². The number of aliphatic hydroxyl groups is 1. The van der Waals surface area contributed by atoms with Gasteiger partial charge in [-0.2, -0.15) is 0 Å². The van der Waals surface area contributed by atoms with Crippen molar-refractivity contribution >= 4 is 0 Å². The highest BCUT2D eigenvalue weighted by molar-refractivity contribution is 5.12. The lowest BCUT2D eigenvalue weighted by Gasteiger charge is -2.31. The molecule has 0 amide bonds. The Bertz CT molecular complexity index is 161. The highest BCUT2D eigenvalue weighted by Gasteiger charge is 2.28. The molecule has 0 saturated heterocycles. The highest BCUT2D eigenvalue weighted by atomic mass is 16.3. The molecule has 2 rings (SSSR count). The molecule has 0 saturated carbocycles. The molecule has 2 bridgehead atoms. The average molecular weight is 136 g/mol. The van der Waals surface area contributed by atoms with Crippen molar-refractivity contribution in [1.29, 1.82) is 0 Å². The van der Waals surface area contributed by atoms with Crippen molar-refractivity contribution in [2.75, 3.05) is 0 Å². The van der Waals surface area contributed by atoms with Crippen LogP contribution in [0.25, 0.3) is 0 Å². The number of hydrogen-bond acceptors (Lipinski definition) is 1. The summed E-state index contributed by atoms with van der Waals surface area (Å²) in [6.45, 7) is 0. The molecule has 0 fully saturated rings. The molecule has 0 aromatic heterocycles. The van der Waals surface area contributed by atoms with Gasteiger partial charge in [-0.3, -0.25) is 0 Å². The molecule has 1 heteroatoms. The van der Waals surface area contributed by atoms with E-state index < -0.39 is 0 Å². The summed E-state index contributed by atoms with van der Waals surface area (Å²) < 4.78 is 0. The maximum absolute atomic E-state index is 9.59. The van der Waals surface area contributed by atoms with Crippen LogP contribution in [0.1, 0.15) is 12.8 Å². The lowest BCUT2D eigenvalue weighted by atomic mass is 9.78. The molecule has 2 atom stereocenters. The van der Waals surface area contributed by atoms with E-state index in [1.54, 1.807) is 0 Å². The summed E-state index contributed by atoms with van der Waals surface area (Å²) in [4.78, 5) is 0. The van der Waals surface area contributed by atoms with Crippen LogP contribution in [0, 0.1) is 11.8 Å². The van der Waals surface area contributed by atoms with Gasteiger partial charge in [0.1, 0.15) is 0 Å². The second kappa shape index (κ2) is 2.24. The predicted molar refractivity (Wildman–Crippen MR) is 40.5 cm³/mol. The zero-order valence-corrected chi connectivity index (χ0v) is 5.90. The Hall–Kier alpha value is -0.560. The largest absolute Gasteiger partial charge is 0.392 e. The molecule has 2 aliphatic rings. The van der Waals surface area contributed by atoms with Crippen LogP contribution in [0.2, 0.25) is 0 Å². The minimum Gasteiger partial charge on any atom is -0.392 e. The van der Waals surface area contributed by atoms with Crippen molar-refractivity contribution in [3.63, 3.8) is 0 Å². The molecule has 0 aromatic rings. The van der Waals surface area contributed by atoms with Gasteiger partial charge in [-0.1, -0.05) is 24.3 Å². The summed E-state index contributed by atoms with van der Waals surface area (Å²) >= 11 is 0. The van der Waals surface area contributed by atoms with E-state index in [0.717, 1.165) is 12.8 Å². The Morgan fingerprint density at radius 2 is 1.50 bits per heavy atom. The second-order valence-corrected chi connectivity index (χ2v) is 3.15. The van der Waals surface area contributed by atoms with Gasteiger partial charge < -0.3 is 5.11 Å². The Kier molecular flexibility index (Phi) is 1.38. The first kappa shape index (κ1) is 6.17. The number of rotatable bonds is 0. The minimum atomic E-state index is -0.102. The Morgan fingerprint density at radius 1 is 1.00 bits per heavy atom. The van der Waals surface area contributed by atoms with Crippen LogP contribution in [0.4, 0.5) is 0 Å². The first-order valence-corrected chi connectivity index (χ1v) is 3.89. The van der Waals surface area contributed by atoms with Crippen molar-refractivity contribution in [2.45, 2.75) is 18.9 Å². The molecule has 2 aliphatic carbocycles. The third-order valence-electron chi connectivity index (χ3n) is 2.46. The zero-order valence-electron chi connectivity index (χ0n) is 5.90. The summed E-state index contributed by atoms with van der Waals surface area (Å²) in [6.07, 6.45) is 10.6. The van der Waals surface area contributed by atoms with Gasteiger partial charge in [0.25, 0.3) is 0 Å². The molecule has 54 valence electrons. The van der Waals surface area contributed by atoms with E-state index >= 15 is 0 Å². The number of aliphatic hydroxyl groups excluding tert-OH is 1. The van der Waals surface area contributed by atoms with Crippen LogP contribution in [0.5, 0.6) is 0 Å². The first-order valence-electron chi connectivity index (χ1n) is 3.89. The van der Waals surface area contributed by atoms with Gasteiger partial charge in [-0.15, -0.1) is 0 Å². The maximum atomic E-state index is 9.59. The number of hydrogen-bond donors (Lipinski definition) is 1. The third-order valence-corrected chi connectivity index (χ3v) is 2.46. The predicted octanol–water partition coefficient (Wildman–Crippen LogP) is 1.50. The summed E-state index contributed by atoms with van der Waals surface area (Å²) in [5.74, 6) is 0.812. The normalized spacial score (nSPS) is 43.9. The van der Waals surface area contributed by atoms with Crippen molar-refractivity contribution in [3.05, 3.63) is 24.3 Å². The van der Waals surface area contributed by atoms with E-state index in [9.17, 15) is 5.11 Å². The Morgan fingerprint density at radius 3 is 1.90 bits per heavy atom. The monoisotopic (exact) mass is 136 g/mol. The van der Waals surface area contributed by atoms with E-state index in [1.807, 2.05) is 0 Å². The molecule has 0 spiro atoms. The molecule has 0 radical (unpaired) electrons. The lowest BCUT2D eigenvalue weighted by molar-refractivity contribution is 0.0777. The second-order valence-electron chi connectivity index (χ2n) is 3.15. The van der Waals surface area contributed by atoms with Crippen molar-refractivity contribution in [2.24, 2.45) is 11.8 Å². The minimum absolute atomic E-state index is 0.102. The van der Waals surface area contributed by atoms with Gasteiger partial charge in [-0.25, -0.2) is 0 Å². The fourth-order valence-electron chi connectivity index (χ4n) is 1.80. The number of fused-ring (bicyclic) bond motifs is 2. The summed E-state index contributed by atoms with van der Waals surface area (Å²) in [6, 6.07) is 0. The van der Waals surface area contributed by atoms with Crippen molar-refractivity contribution in [3.8, 4) is 0 Å². The van der Waals surface area contributed by atoms with Crippen LogP contribution in [-0.4, -0.2) is 11.2 Å². The standard InChI is InChI=1S/C9H12O/c10-9-7-3-1-4-8(9)6-2-5-7/h1-3,6-10H,4-5H2. The fraction of sp³-hybridized carbons (Fsp3) is 0.556. The van der Waals surface area contributed by atoms with E-state index in [2.05, 4.69) is 24.3 Å². The SMILES string of the molecule is OC1C2C=CCC1C=CC2. The molecule has 2 unspecified atom stereocenters. The van der Waals surface area contributed by atoms with Crippen LogP contribution >= 0.6 is 0 Å². The van der Waals surface area contributed by atoms with Gasteiger partial charge >= 0.3 is 0 Å². The third kappa shape index (κ3) is 0.816. The maximum Gasteiger partial charge on any atom is 0.0671 e. The van der Waals surface area contributed by atoms with Gasteiger partial charge in [0, 0.05) is 11.8 Å². The molecule has 0 heterocycles. The lowest BCUT2D eigenvalue weighted by Crippen LogP contribution is -2.31. The molecule has 0 aromatic carbocycles. The quantitative estimate of drug-likeness (QED) is 0.500. The molecule has 10 heavy (non-hydrogen) atoms. The first-order chi connectivity index (χ1) is 4.88. The van der Waals surface area contributed by atoms with E-state index in [1.165, 1.54) is 0 Å². The molecular weight excluding hydrogens is 124 g/mol. The fourth-order valence-corrected chi connectivity index (χ4v) is 1.80. The van der Waals surface area contributed by atoms with E-state index in [4.69, 9.17) is 0 Å². The van der Waals surface area contributed by atoms with Gasteiger partial charge in [0.2, 0.25) is 0 Å². The average Bonchev–Trinajstić information content (AvgIpc) is 1.86. The summed E-state index contributed by atoms with van der Waals surface area (Å²) in [5.41, 5.74) is 0. The zero-order chi connectivity index (χ0) is 6.97. The van der Waals surface area contributed by atoms with E-state index in [0.29, 0.717) is 11.8 Å². The molecule has 1 N–H and O–H groups in total. The van der Waals surface area contributed by atoms with Crippen molar-refractivity contribution < 1.29 is 5.11 Å². The highest BCUT2D eigenvalue weighted by Crippen LogP contribution is 2.31.